The van der Waals surface area contributed by atoms with E-state index in [-0.39, 0.29) is 11.8 Å². The van der Waals surface area contributed by atoms with Crippen molar-refractivity contribution in [2.75, 3.05) is 5.32 Å². The average molecular weight is 401 g/mol. The van der Waals surface area contributed by atoms with Crippen LogP contribution in [0.5, 0.6) is 0 Å². The molecule has 30 heavy (non-hydrogen) atoms. The van der Waals surface area contributed by atoms with Gasteiger partial charge in [-0.15, -0.1) is 0 Å². The highest BCUT2D eigenvalue weighted by molar-refractivity contribution is 6.06. The van der Waals surface area contributed by atoms with Crippen molar-refractivity contribution in [1.82, 2.24) is 20.4 Å². The van der Waals surface area contributed by atoms with Gasteiger partial charge in [0.15, 0.2) is 0 Å². The Labute approximate surface area is 172 Å². The number of anilines is 1. The number of carbonyl (C=O) groups is 2. The van der Waals surface area contributed by atoms with Crippen molar-refractivity contribution in [3.63, 3.8) is 0 Å². The maximum Gasteiger partial charge on any atom is 0.257 e. The molecular weight excluding hydrogens is 382 g/mol. The predicted molar refractivity (Wildman–Crippen MR) is 111 cm³/mol. The molecule has 8 heteroatoms. The monoisotopic (exact) mass is 401 g/mol. The molecular formula is C22H19N5O3. The summed E-state index contributed by atoms with van der Waals surface area (Å²) in [6.45, 7) is 2.27. The molecule has 1 aromatic carbocycles. The van der Waals surface area contributed by atoms with Crippen LogP contribution >= 0.6 is 0 Å². The number of carbonyl (C=O) groups excluding carboxylic acids is 2. The lowest BCUT2D eigenvalue weighted by molar-refractivity contribution is 0.0949. The van der Waals surface area contributed by atoms with Crippen LogP contribution in [-0.4, -0.2) is 26.9 Å². The fraction of sp³-hybridized carbons (Fsp3) is 0.136. The molecule has 4 rings (SSSR count). The number of benzene rings is 1. The summed E-state index contributed by atoms with van der Waals surface area (Å²) in [5.41, 5.74) is 3.23. The first-order valence-corrected chi connectivity index (χ1v) is 9.48. The van der Waals surface area contributed by atoms with E-state index in [1.54, 1.807) is 36.5 Å². The summed E-state index contributed by atoms with van der Waals surface area (Å²) in [4.78, 5) is 33.4. The molecule has 0 saturated carbocycles. The Hall–Kier alpha value is -4.07. The molecule has 3 aromatic heterocycles. The normalized spacial score (nSPS) is 10.7. The molecule has 0 bridgehead atoms. The number of amides is 2. The van der Waals surface area contributed by atoms with Crippen LogP contribution in [0.2, 0.25) is 0 Å². The van der Waals surface area contributed by atoms with E-state index in [0.717, 1.165) is 11.4 Å². The Morgan fingerprint density at radius 2 is 1.90 bits per heavy atom. The fourth-order valence-corrected chi connectivity index (χ4v) is 2.98. The SMILES string of the molecule is CCc1noc2ncc(C(=O)Nc3cccc(C(=O)NCc4ccccn4)c3)cc12. The zero-order chi connectivity index (χ0) is 20.9. The van der Waals surface area contributed by atoms with Crippen LogP contribution in [0.4, 0.5) is 5.69 Å². The fourth-order valence-electron chi connectivity index (χ4n) is 2.98. The van der Waals surface area contributed by atoms with Gasteiger partial charge in [0.25, 0.3) is 17.5 Å². The Balaban J connectivity index is 1.46. The number of nitrogens with zero attached hydrogens (tertiary/aromatic N) is 3. The minimum Gasteiger partial charge on any atom is -0.346 e. The molecule has 0 atom stereocenters. The van der Waals surface area contributed by atoms with E-state index in [1.165, 1.54) is 6.20 Å². The molecule has 8 nitrogen and oxygen atoms in total. The molecule has 2 amide bonds. The Kier molecular flexibility index (Phi) is 5.47. The first-order chi connectivity index (χ1) is 14.6. The molecule has 0 spiro atoms. The highest BCUT2D eigenvalue weighted by Crippen LogP contribution is 2.19. The van der Waals surface area contributed by atoms with Gasteiger partial charge in [0.1, 0.15) is 0 Å². The second kappa shape index (κ2) is 8.52. The summed E-state index contributed by atoms with van der Waals surface area (Å²) in [5, 5.41) is 10.3. The van der Waals surface area contributed by atoms with Crippen LogP contribution in [0.3, 0.4) is 0 Å². The minimum atomic E-state index is -0.335. The molecule has 0 radical (unpaired) electrons. The number of rotatable bonds is 6. The van der Waals surface area contributed by atoms with Gasteiger partial charge in [-0.25, -0.2) is 4.98 Å². The quantitative estimate of drug-likeness (QED) is 0.513. The van der Waals surface area contributed by atoms with Gasteiger partial charge in [-0.1, -0.05) is 24.2 Å². The number of nitrogens with one attached hydrogen (secondary N) is 2. The Bertz CT molecular complexity index is 1200. The lowest BCUT2D eigenvalue weighted by atomic mass is 10.1. The average Bonchev–Trinajstić information content (AvgIpc) is 3.20. The zero-order valence-electron chi connectivity index (χ0n) is 16.3. The van der Waals surface area contributed by atoms with Crippen LogP contribution in [-0.2, 0) is 13.0 Å². The highest BCUT2D eigenvalue weighted by Gasteiger charge is 2.14. The van der Waals surface area contributed by atoms with Crippen molar-refractivity contribution in [3.05, 3.63) is 83.4 Å². The van der Waals surface area contributed by atoms with Gasteiger partial charge in [0.05, 0.1) is 28.9 Å². The van der Waals surface area contributed by atoms with Gasteiger partial charge in [-0.2, -0.15) is 0 Å². The molecule has 0 saturated heterocycles. The summed E-state index contributed by atoms with van der Waals surface area (Å²) >= 11 is 0. The van der Waals surface area contributed by atoms with Crippen molar-refractivity contribution < 1.29 is 14.1 Å². The van der Waals surface area contributed by atoms with Crippen molar-refractivity contribution in [2.24, 2.45) is 0 Å². The van der Waals surface area contributed by atoms with Gasteiger partial charge in [-0.05, 0) is 42.8 Å². The number of aryl methyl sites for hydroxylation is 1. The van der Waals surface area contributed by atoms with Crippen molar-refractivity contribution >= 4 is 28.6 Å². The predicted octanol–water partition coefficient (Wildman–Crippen LogP) is 3.36. The summed E-state index contributed by atoms with van der Waals surface area (Å²) in [6, 6.07) is 13.9. The molecule has 0 aliphatic rings. The third kappa shape index (κ3) is 4.17. The third-order valence-corrected chi connectivity index (χ3v) is 4.54. The third-order valence-electron chi connectivity index (χ3n) is 4.54. The van der Waals surface area contributed by atoms with Crippen LogP contribution in [0.1, 0.15) is 39.0 Å². The van der Waals surface area contributed by atoms with Gasteiger partial charge in [-0.3, -0.25) is 14.6 Å². The Morgan fingerprint density at radius 1 is 1.00 bits per heavy atom. The topological polar surface area (TPSA) is 110 Å². The second-order valence-corrected chi connectivity index (χ2v) is 6.60. The molecule has 0 aliphatic carbocycles. The van der Waals surface area contributed by atoms with Crippen LogP contribution in [0.15, 0.2) is 65.4 Å². The largest absolute Gasteiger partial charge is 0.346 e. The van der Waals surface area contributed by atoms with E-state index < -0.39 is 0 Å². The number of fused-ring (bicyclic) bond motifs is 1. The first-order valence-electron chi connectivity index (χ1n) is 9.48. The summed E-state index contributed by atoms with van der Waals surface area (Å²) in [5.74, 6) is -0.587. The van der Waals surface area contributed by atoms with E-state index >= 15 is 0 Å². The van der Waals surface area contributed by atoms with Crippen molar-refractivity contribution in [3.8, 4) is 0 Å². The number of hydrogen-bond donors (Lipinski definition) is 2. The standard InChI is InChI=1S/C22H19N5O3/c1-2-19-18-11-15(12-25-22(18)30-27-19)21(29)26-16-8-5-6-14(10-16)20(28)24-13-17-7-3-4-9-23-17/h3-12H,2,13H2,1H3,(H,24,28)(H,26,29). The van der Waals surface area contributed by atoms with E-state index in [9.17, 15) is 9.59 Å². The minimum absolute atomic E-state index is 0.253. The summed E-state index contributed by atoms with van der Waals surface area (Å²) in [7, 11) is 0. The van der Waals surface area contributed by atoms with Crippen LogP contribution < -0.4 is 10.6 Å². The van der Waals surface area contributed by atoms with E-state index in [2.05, 4.69) is 25.8 Å². The smallest absolute Gasteiger partial charge is 0.257 e. The molecule has 0 fully saturated rings. The highest BCUT2D eigenvalue weighted by atomic mass is 16.5. The molecule has 4 aromatic rings. The van der Waals surface area contributed by atoms with Crippen molar-refractivity contribution in [1.29, 1.82) is 0 Å². The van der Waals surface area contributed by atoms with Crippen LogP contribution in [0, 0.1) is 0 Å². The van der Waals surface area contributed by atoms with E-state index in [1.807, 2.05) is 25.1 Å². The molecule has 2 N–H and O–H groups in total. The zero-order valence-corrected chi connectivity index (χ0v) is 16.3. The van der Waals surface area contributed by atoms with E-state index in [0.29, 0.717) is 40.9 Å². The number of pyridine rings is 2. The summed E-state index contributed by atoms with van der Waals surface area (Å²) in [6.07, 6.45) is 3.79. The molecule has 150 valence electrons. The van der Waals surface area contributed by atoms with Gasteiger partial charge in [0, 0.05) is 23.6 Å². The second-order valence-electron chi connectivity index (χ2n) is 6.60. The number of hydrogen-bond acceptors (Lipinski definition) is 6. The Morgan fingerprint density at radius 3 is 2.70 bits per heavy atom. The molecule has 3 heterocycles. The maximum atomic E-state index is 12.7. The number of aromatic nitrogens is 3. The lowest BCUT2D eigenvalue weighted by Crippen LogP contribution is -2.23. The maximum absolute atomic E-state index is 12.7. The summed E-state index contributed by atoms with van der Waals surface area (Å²) < 4.78 is 5.15. The first kappa shape index (κ1) is 19.3. The molecule has 0 unspecified atom stereocenters. The molecule has 0 aliphatic heterocycles. The van der Waals surface area contributed by atoms with E-state index in [4.69, 9.17) is 4.52 Å². The van der Waals surface area contributed by atoms with Gasteiger partial charge in [0.2, 0.25) is 0 Å². The van der Waals surface area contributed by atoms with Gasteiger partial charge < -0.3 is 15.2 Å². The van der Waals surface area contributed by atoms with Crippen LogP contribution in [0.25, 0.3) is 11.1 Å². The lowest BCUT2D eigenvalue weighted by Gasteiger charge is -2.08. The van der Waals surface area contributed by atoms with Crippen molar-refractivity contribution in [2.45, 2.75) is 19.9 Å². The van der Waals surface area contributed by atoms with Gasteiger partial charge >= 0.3 is 0 Å².